The first-order chi connectivity index (χ1) is 18.1. The van der Waals surface area contributed by atoms with Crippen LogP contribution in [-0.4, -0.2) is 72.2 Å². The molecule has 0 bridgehead atoms. The minimum absolute atomic E-state index is 0.0244. The Bertz CT molecular complexity index is 1290. The van der Waals surface area contributed by atoms with Crippen LogP contribution in [0, 0.1) is 0 Å². The van der Waals surface area contributed by atoms with Crippen LogP contribution in [0.1, 0.15) is 56.4 Å². The van der Waals surface area contributed by atoms with Gasteiger partial charge >= 0.3 is 6.18 Å². The third kappa shape index (κ3) is 7.37. The van der Waals surface area contributed by atoms with Gasteiger partial charge in [-0.25, -0.2) is 8.42 Å². The summed E-state index contributed by atoms with van der Waals surface area (Å²) in [6.45, 7) is 3.21. The zero-order valence-electron chi connectivity index (χ0n) is 22.2. The largest absolute Gasteiger partial charge is 0.496 e. The Labute approximate surface area is 231 Å². The van der Waals surface area contributed by atoms with Gasteiger partial charge in [-0.3, -0.25) is 9.48 Å². The van der Waals surface area contributed by atoms with Gasteiger partial charge in [0.2, 0.25) is 0 Å². The van der Waals surface area contributed by atoms with Crippen LogP contribution in [0.25, 0.3) is 11.3 Å². The molecule has 1 aromatic heterocycles. The Kier molecular flexibility index (Phi) is 9.49. The number of aromatic nitrogens is 2. The number of anilines is 1. The number of carbonyl (C=O) groups excluding carboxylic acids is 1. The first-order valence-electron chi connectivity index (χ1n) is 12.6. The van der Waals surface area contributed by atoms with Crippen LogP contribution < -0.4 is 15.4 Å². The zero-order valence-corrected chi connectivity index (χ0v) is 23.8. The van der Waals surface area contributed by atoms with E-state index in [4.69, 9.17) is 16.3 Å². The average Bonchev–Trinajstić information content (AvgIpc) is 3.17. The first-order valence-corrected chi connectivity index (χ1v) is 14.9. The second-order valence-corrected chi connectivity index (χ2v) is 12.7. The van der Waals surface area contributed by atoms with Crippen molar-refractivity contribution in [2.45, 2.75) is 75.6 Å². The number of nitrogens with one attached hydrogen (secondary N) is 2. The molecular formula is C25H34ClF3N4O5S. The Balaban J connectivity index is 1.84. The number of nitrogens with zero attached hydrogens (tertiary/aromatic N) is 2. The fourth-order valence-electron chi connectivity index (χ4n) is 4.59. The normalized spacial score (nSPS) is 20.9. The van der Waals surface area contributed by atoms with Crippen molar-refractivity contribution in [3.05, 3.63) is 28.9 Å². The molecule has 1 aliphatic rings. The van der Waals surface area contributed by atoms with Gasteiger partial charge in [-0.15, -0.1) is 0 Å². The van der Waals surface area contributed by atoms with Gasteiger partial charge in [-0.2, -0.15) is 18.3 Å². The predicted molar refractivity (Wildman–Crippen MR) is 143 cm³/mol. The van der Waals surface area contributed by atoms with Crippen molar-refractivity contribution in [2.75, 3.05) is 25.2 Å². The Hall–Kier alpha value is -2.51. The van der Waals surface area contributed by atoms with Gasteiger partial charge in [0.25, 0.3) is 5.91 Å². The molecule has 1 saturated carbocycles. The summed E-state index contributed by atoms with van der Waals surface area (Å²) in [4.78, 5) is 13.1. The van der Waals surface area contributed by atoms with Crippen LogP contribution in [0.2, 0.25) is 5.02 Å². The molecule has 2 aromatic rings. The molecule has 1 amide bonds. The van der Waals surface area contributed by atoms with Gasteiger partial charge < -0.3 is 20.5 Å². The summed E-state index contributed by atoms with van der Waals surface area (Å²) in [5.41, 5.74) is -0.343. The summed E-state index contributed by atoms with van der Waals surface area (Å²) in [6, 6.07) is 2.64. The fraction of sp³-hybridized carbons (Fsp3) is 0.600. The van der Waals surface area contributed by atoms with E-state index in [-0.39, 0.29) is 41.5 Å². The number of benzene rings is 1. The number of halogens is 4. The highest BCUT2D eigenvalue weighted by atomic mass is 35.5. The molecule has 1 aromatic carbocycles. The van der Waals surface area contributed by atoms with E-state index in [2.05, 4.69) is 15.7 Å². The minimum Gasteiger partial charge on any atom is -0.496 e. The average molecular weight is 595 g/mol. The lowest BCUT2D eigenvalue weighted by atomic mass is 9.84. The van der Waals surface area contributed by atoms with E-state index >= 15 is 0 Å². The molecule has 3 N–H and O–H groups in total. The zero-order chi connectivity index (χ0) is 29.2. The predicted octanol–water partition coefficient (Wildman–Crippen LogP) is 4.43. The van der Waals surface area contributed by atoms with Crippen molar-refractivity contribution in [1.29, 1.82) is 0 Å². The third-order valence-corrected chi connectivity index (χ3v) is 8.96. The number of alkyl halides is 3. The maximum atomic E-state index is 13.1. The molecule has 14 heteroatoms. The maximum Gasteiger partial charge on any atom is 0.408 e. The van der Waals surface area contributed by atoms with Crippen molar-refractivity contribution < 1.29 is 36.2 Å². The van der Waals surface area contributed by atoms with E-state index in [9.17, 15) is 31.5 Å². The molecule has 0 aliphatic heterocycles. The first kappa shape index (κ1) is 31.0. The lowest BCUT2D eigenvalue weighted by Gasteiger charge is -2.35. The van der Waals surface area contributed by atoms with E-state index < -0.39 is 38.8 Å². The van der Waals surface area contributed by atoms with Crippen LogP contribution in [0.4, 0.5) is 18.9 Å². The monoisotopic (exact) mass is 594 g/mol. The molecule has 1 aliphatic carbocycles. The quantitative estimate of drug-likeness (QED) is 0.372. The maximum absolute atomic E-state index is 13.1. The van der Waals surface area contributed by atoms with Gasteiger partial charge in [0.05, 0.1) is 28.7 Å². The van der Waals surface area contributed by atoms with Crippen LogP contribution in [0.3, 0.4) is 0 Å². The lowest BCUT2D eigenvalue weighted by Crippen LogP contribution is -2.47. The van der Waals surface area contributed by atoms with Crippen molar-refractivity contribution in [3.63, 3.8) is 0 Å². The topological polar surface area (TPSA) is 123 Å². The van der Waals surface area contributed by atoms with Gasteiger partial charge in [-0.1, -0.05) is 18.5 Å². The number of carbonyl (C=O) groups is 1. The molecule has 0 saturated heterocycles. The smallest absolute Gasteiger partial charge is 0.408 e. The number of rotatable bonds is 10. The highest BCUT2D eigenvalue weighted by Crippen LogP contribution is 2.39. The van der Waals surface area contributed by atoms with Crippen LogP contribution in [0.15, 0.2) is 18.2 Å². The molecule has 0 radical (unpaired) electrons. The number of sulfone groups is 1. The van der Waals surface area contributed by atoms with Gasteiger partial charge in [0.15, 0.2) is 5.69 Å². The number of aliphatic hydroxyl groups is 1. The molecule has 0 spiro atoms. The highest BCUT2D eigenvalue weighted by molar-refractivity contribution is 7.91. The highest BCUT2D eigenvalue weighted by Gasteiger charge is 2.38. The van der Waals surface area contributed by atoms with E-state index in [1.165, 1.54) is 30.2 Å². The second-order valence-electron chi connectivity index (χ2n) is 9.99. The summed E-state index contributed by atoms with van der Waals surface area (Å²) >= 11 is 6.64. The van der Waals surface area contributed by atoms with Crippen molar-refractivity contribution >= 4 is 33.0 Å². The standard InChI is InChI=1S/C25H34ClF3N4O5S/c1-5-12-33-22(18-7-6-16(13-19(18)38-3)31-15(2)25(27,28)29)20(26)21(32-33)23(34)30-14-24(35)10-8-17(9-11-24)39(4,36)37/h6-7,13,15,17,31,35H,5,8-12,14H2,1-4H3,(H,30,34)/t15-,17?,24?/m1/s1. The minimum atomic E-state index is -4.43. The van der Waals surface area contributed by atoms with Crippen LogP contribution in [-0.2, 0) is 16.4 Å². The van der Waals surface area contributed by atoms with Gasteiger partial charge in [0, 0.05) is 36.7 Å². The SMILES string of the molecule is CCCn1nc(C(=O)NCC2(O)CCC(S(C)(=O)=O)CC2)c(Cl)c1-c1ccc(N[C@H](C)C(F)(F)F)cc1OC. The van der Waals surface area contributed by atoms with Crippen molar-refractivity contribution in [2.24, 2.45) is 0 Å². The molecular weight excluding hydrogens is 561 g/mol. The number of ether oxygens (including phenoxy) is 1. The van der Waals surface area contributed by atoms with E-state index in [1.54, 1.807) is 6.07 Å². The molecule has 218 valence electrons. The van der Waals surface area contributed by atoms with Crippen LogP contribution in [0.5, 0.6) is 5.75 Å². The second kappa shape index (κ2) is 11.9. The summed E-state index contributed by atoms with van der Waals surface area (Å²) in [6.07, 6.45) is -1.56. The summed E-state index contributed by atoms with van der Waals surface area (Å²) < 4.78 is 69.6. The Morgan fingerprint density at radius 2 is 1.97 bits per heavy atom. The number of methoxy groups -OCH3 is 1. The number of hydrogen-bond acceptors (Lipinski definition) is 7. The third-order valence-electron chi connectivity index (χ3n) is 6.92. The molecule has 0 unspecified atom stereocenters. The summed E-state index contributed by atoms with van der Waals surface area (Å²) in [5, 5.41) is 19.8. The lowest BCUT2D eigenvalue weighted by molar-refractivity contribution is -0.138. The number of hydrogen-bond donors (Lipinski definition) is 3. The fourth-order valence-corrected chi connectivity index (χ4v) is 6.00. The molecule has 1 atom stereocenters. The van der Waals surface area contributed by atoms with E-state index in [1.807, 2.05) is 6.92 Å². The summed E-state index contributed by atoms with van der Waals surface area (Å²) in [5.74, 6) is -0.386. The number of amides is 1. The van der Waals surface area contributed by atoms with Crippen molar-refractivity contribution in [1.82, 2.24) is 15.1 Å². The van der Waals surface area contributed by atoms with E-state index in [0.717, 1.165) is 6.92 Å². The summed E-state index contributed by atoms with van der Waals surface area (Å²) in [7, 11) is -1.83. The molecule has 9 nitrogen and oxygen atoms in total. The molecule has 39 heavy (non-hydrogen) atoms. The van der Waals surface area contributed by atoms with Crippen LogP contribution >= 0.6 is 11.6 Å². The number of aryl methyl sites for hydroxylation is 1. The molecule has 3 rings (SSSR count). The Morgan fingerprint density at radius 1 is 1.33 bits per heavy atom. The van der Waals surface area contributed by atoms with Gasteiger partial charge in [-0.05, 0) is 51.2 Å². The van der Waals surface area contributed by atoms with E-state index in [0.29, 0.717) is 37.1 Å². The van der Waals surface area contributed by atoms with Crippen molar-refractivity contribution in [3.8, 4) is 17.0 Å². The molecule has 1 heterocycles. The molecule has 1 fully saturated rings. The Morgan fingerprint density at radius 3 is 2.51 bits per heavy atom. The van der Waals surface area contributed by atoms with Gasteiger partial charge in [0.1, 0.15) is 21.6 Å².